The second-order valence-electron chi connectivity index (χ2n) is 5.03. The van der Waals surface area contributed by atoms with Crippen LogP contribution in [0.1, 0.15) is 32.6 Å². The van der Waals surface area contributed by atoms with Gasteiger partial charge in [0.1, 0.15) is 0 Å². The second-order valence-corrected chi connectivity index (χ2v) is 8.11. The molecule has 19 heavy (non-hydrogen) atoms. The number of hydrogen-bond donors (Lipinski definition) is 1. The van der Waals surface area contributed by atoms with E-state index in [0.717, 1.165) is 36.7 Å². The highest BCUT2D eigenvalue weighted by Crippen LogP contribution is 2.31. The van der Waals surface area contributed by atoms with Gasteiger partial charge in [-0.2, -0.15) is 0 Å². The van der Waals surface area contributed by atoms with Gasteiger partial charge in [0, 0.05) is 10.5 Å². The van der Waals surface area contributed by atoms with Crippen molar-refractivity contribution in [2.75, 3.05) is 6.54 Å². The minimum Gasteiger partial charge on any atom is -0.313 e. The van der Waals surface area contributed by atoms with Crippen LogP contribution in [-0.2, 0) is 9.84 Å². The fourth-order valence-electron chi connectivity index (χ4n) is 2.68. The van der Waals surface area contributed by atoms with Gasteiger partial charge in [0.05, 0.1) is 10.1 Å². The van der Waals surface area contributed by atoms with Gasteiger partial charge in [-0.25, -0.2) is 8.42 Å². The highest BCUT2D eigenvalue weighted by atomic mass is 79.9. The molecule has 2 atom stereocenters. The second kappa shape index (κ2) is 6.37. The van der Waals surface area contributed by atoms with E-state index in [0.29, 0.717) is 4.90 Å². The predicted molar refractivity (Wildman–Crippen MR) is 81.0 cm³/mol. The Morgan fingerprint density at radius 3 is 2.84 bits per heavy atom. The van der Waals surface area contributed by atoms with Crippen LogP contribution in [-0.4, -0.2) is 26.3 Å². The van der Waals surface area contributed by atoms with Crippen LogP contribution in [0.25, 0.3) is 0 Å². The Kier molecular flexibility index (Phi) is 5.03. The first-order chi connectivity index (χ1) is 9.05. The van der Waals surface area contributed by atoms with Crippen molar-refractivity contribution in [3.63, 3.8) is 0 Å². The van der Waals surface area contributed by atoms with E-state index in [1.807, 2.05) is 6.07 Å². The summed E-state index contributed by atoms with van der Waals surface area (Å²) in [6.45, 7) is 2.98. The lowest BCUT2D eigenvalue weighted by Gasteiger charge is -2.21. The highest BCUT2D eigenvalue weighted by molar-refractivity contribution is 9.10. The number of hydrogen-bond acceptors (Lipinski definition) is 3. The Bertz CT molecular complexity index is 530. The summed E-state index contributed by atoms with van der Waals surface area (Å²) in [6.07, 6.45) is 3.73. The van der Waals surface area contributed by atoms with Crippen molar-refractivity contribution in [3.8, 4) is 0 Å². The molecule has 1 aromatic carbocycles. The summed E-state index contributed by atoms with van der Waals surface area (Å²) in [6, 6.07) is 7.12. The summed E-state index contributed by atoms with van der Waals surface area (Å²) in [5.74, 6) is 0. The molecular formula is C14H20BrNO2S. The van der Waals surface area contributed by atoms with Crippen LogP contribution in [0.15, 0.2) is 33.6 Å². The maximum absolute atomic E-state index is 12.7. The van der Waals surface area contributed by atoms with Crippen molar-refractivity contribution in [1.82, 2.24) is 5.32 Å². The third-order valence-electron chi connectivity index (χ3n) is 3.63. The molecule has 1 aliphatic carbocycles. The van der Waals surface area contributed by atoms with E-state index in [4.69, 9.17) is 0 Å². The third-order valence-corrected chi connectivity index (χ3v) is 6.40. The van der Waals surface area contributed by atoms with Crippen LogP contribution in [0.4, 0.5) is 0 Å². The van der Waals surface area contributed by atoms with Crippen LogP contribution in [0.3, 0.4) is 0 Å². The van der Waals surface area contributed by atoms with Gasteiger partial charge >= 0.3 is 0 Å². The Labute approximate surface area is 123 Å². The Morgan fingerprint density at radius 2 is 2.16 bits per heavy atom. The molecule has 0 aromatic heterocycles. The van der Waals surface area contributed by atoms with Gasteiger partial charge in [0.15, 0.2) is 9.84 Å². The summed E-state index contributed by atoms with van der Waals surface area (Å²) in [4.78, 5) is 0.428. The molecule has 0 amide bonds. The van der Waals surface area contributed by atoms with Crippen molar-refractivity contribution in [1.29, 1.82) is 0 Å². The van der Waals surface area contributed by atoms with Crippen LogP contribution in [0.5, 0.6) is 0 Å². The zero-order valence-corrected chi connectivity index (χ0v) is 13.5. The quantitative estimate of drug-likeness (QED) is 0.891. The zero-order valence-electron chi connectivity index (χ0n) is 11.1. The third kappa shape index (κ3) is 3.38. The fraction of sp³-hybridized carbons (Fsp3) is 0.571. The molecule has 1 fully saturated rings. The molecule has 0 aliphatic heterocycles. The molecule has 5 heteroatoms. The molecule has 1 aliphatic rings. The minimum absolute atomic E-state index is 0.101. The fourth-order valence-corrected chi connectivity index (χ4v) is 5.28. The number of nitrogens with one attached hydrogen (secondary N) is 1. The Hall–Kier alpha value is -0.390. The van der Waals surface area contributed by atoms with Crippen molar-refractivity contribution in [3.05, 3.63) is 28.7 Å². The van der Waals surface area contributed by atoms with E-state index in [1.165, 1.54) is 0 Å². The SMILES string of the molecule is CCCNC1CCCC1S(=O)(=O)c1cccc(Br)c1. The van der Waals surface area contributed by atoms with E-state index in [1.54, 1.807) is 18.2 Å². The van der Waals surface area contributed by atoms with Crippen molar-refractivity contribution >= 4 is 25.8 Å². The molecular weight excluding hydrogens is 326 g/mol. The van der Waals surface area contributed by atoms with Crippen LogP contribution in [0.2, 0.25) is 0 Å². The number of rotatable bonds is 5. The summed E-state index contributed by atoms with van der Waals surface area (Å²) >= 11 is 3.34. The Balaban J connectivity index is 2.23. The molecule has 106 valence electrons. The smallest absolute Gasteiger partial charge is 0.182 e. The summed E-state index contributed by atoms with van der Waals surface area (Å²) < 4.78 is 26.2. The topological polar surface area (TPSA) is 46.2 Å². The normalized spacial score (nSPS) is 23.7. The molecule has 3 nitrogen and oxygen atoms in total. The molecule has 0 heterocycles. The molecule has 1 saturated carbocycles. The highest BCUT2D eigenvalue weighted by Gasteiger charge is 2.37. The standard InChI is InChI=1S/C14H20BrNO2S/c1-2-9-16-13-7-4-8-14(13)19(17,18)12-6-3-5-11(15)10-12/h3,5-6,10,13-14,16H,2,4,7-9H2,1H3. The maximum Gasteiger partial charge on any atom is 0.182 e. The zero-order chi connectivity index (χ0) is 13.9. The average molecular weight is 346 g/mol. The van der Waals surface area contributed by atoms with Crippen molar-refractivity contribution < 1.29 is 8.42 Å². The molecule has 0 saturated heterocycles. The molecule has 2 rings (SSSR count). The molecule has 0 bridgehead atoms. The molecule has 2 unspecified atom stereocenters. The molecule has 1 aromatic rings. The lowest BCUT2D eigenvalue weighted by molar-refractivity contribution is 0.505. The molecule has 0 spiro atoms. The predicted octanol–water partition coefficient (Wildman–Crippen LogP) is 3.14. The number of sulfone groups is 1. The van der Waals surface area contributed by atoms with Crippen molar-refractivity contribution in [2.24, 2.45) is 0 Å². The number of halogens is 1. The van der Waals surface area contributed by atoms with Crippen LogP contribution in [0, 0.1) is 0 Å². The van der Waals surface area contributed by atoms with E-state index in [2.05, 4.69) is 28.2 Å². The lowest BCUT2D eigenvalue weighted by Crippen LogP contribution is -2.40. The van der Waals surface area contributed by atoms with Gasteiger partial charge in [-0.1, -0.05) is 35.3 Å². The monoisotopic (exact) mass is 345 g/mol. The van der Waals surface area contributed by atoms with Gasteiger partial charge < -0.3 is 5.32 Å². The number of benzene rings is 1. The van der Waals surface area contributed by atoms with E-state index < -0.39 is 9.84 Å². The maximum atomic E-state index is 12.7. The largest absolute Gasteiger partial charge is 0.313 e. The average Bonchev–Trinajstić information content (AvgIpc) is 2.85. The molecule has 0 radical (unpaired) electrons. The first kappa shape index (κ1) is 15.0. The van der Waals surface area contributed by atoms with E-state index >= 15 is 0 Å². The summed E-state index contributed by atoms with van der Waals surface area (Å²) in [5, 5.41) is 3.10. The summed E-state index contributed by atoms with van der Waals surface area (Å²) in [7, 11) is -3.23. The van der Waals surface area contributed by atoms with Crippen LogP contribution < -0.4 is 5.32 Å². The van der Waals surface area contributed by atoms with Gasteiger partial charge in [-0.05, 0) is 44.0 Å². The van der Waals surface area contributed by atoms with Crippen LogP contribution >= 0.6 is 15.9 Å². The summed E-state index contributed by atoms with van der Waals surface area (Å²) in [5.41, 5.74) is 0. The van der Waals surface area contributed by atoms with Gasteiger partial charge in [-0.15, -0.1) is 0 Å². The van der Waals surface area contributed by atoms with E-state index in [-0.39, 0.29) is 11.3 Å². The first-order valence-electron chi connectivity index (χ1n) is 6.78. The van der Waals surface area contributed by atoms with Gasteiger partial charge in [0.2, 0.25) is 0 Å². The van der Waals surface area contributed by atoms with Gasteiger partial charge in [-0.3, -0.25) is 0 Å². The molecule has 1 N–H and O–H groups in total. The van der Waals surface area contributed by atoms with Crippen molar-refractivity contribution in [2.45, 2.75) is 48.8 Å². The van der Waals surface area contributed by atoms with E-state index in [9.17, 15) is 8.42 Å². The first-order valence-corrected chi connectivity index (χ1v) is 9.12. The lowest BCUT2D eigenvalue weighted by atomic mass is 10.2. The van der Waals surface area contributed by atoms with Gasteiger partial charge in [0.25, 0.3) is 0 Å². The Morgan fingerprint density at radius 1 is 1.37 bits per heavy atom. The minimum atomic E-state index is -3.23.